The van der Waals surface area contributed by atoms with Gasteiger partial charge in [-0.2, -0.15) is 0 Å². The molecule has 0 N–H and O–H groups in total. The number of sulfone groups is 1. The largest absolute Gasteiger partial charge is 0.329 e. The van der Waals surface area contributed by atoms with E-state index in [1.54, 1.807) is 6.07 Å². The third-order valence-corrected chi connectivity index (χ3v) is 6.53. The lowest BCUT2D eigenvalue weighted by Crippen LogP contribution is -2.40. The Labute approximate surface area is 138 Å². The Kier molecular flexibility index (Phi) is 4.50. The molecule has 1 aliphatic rings. The molecule has 1 aliphatic heterocycles. The van der Waals surface area contributed by atoms with Gasteiger partial charge in [-0.3, -0.25) is 4.79 Å². The van der Waals surface area contributed by atoms with Crippen molar-refractivity contribution in [2.75, 3.05) is 11.5 Å². The highest BCUT2D eigenvalue weighted by molar-refractivity contribution is 7.91. The number of carbonyl (C=O) groups is 1. The molecule has 0 aliphatic carbocycles. The smallest absolute Gasteiger partial charge is 0.257 e. The SMILES string of the molecule is O=C(c1ccccc1F)N(Cc1cccs1)[C@@H]1CCS(=O)(=O)C1. The molecule has 1 atom stereocenters. The van der Waals surface area contributed by atoms with E-state index in [0.29, 0.717) is 13.0 Å². The second kappa shape index (κ2) is 6.41. The number of amides is 1. The van der Waals surface area contributed by atoms with Crippen molar-refractivity contribution in [3.8, 4) is 0 Å². The Bertz CT molecular complexity index is 802. The molecule has 2 aromatic rings. The summed E-state index contributed by atoms with van der Waals surface area (Å²) in [5.41, 5.74) is -0.0200. The van der Waals surface area contributed by atoms with Crippen LogP contribution in [0.15, 0.2) is 41.8 Å². The maximum atomic E-state index is 14.0. The minimum atomic E-state index is -3.13. The quantitative estimate of drug-likeness (QED) is 0.849. The highest BCUT2D eigenvalue weighted by Gasteiger charge is 2.35. The van der Waals surface area contributed by atoms with Crippen molar-refractivity contribution < 1.29 is 17.6 Å². The maximum absolute atomic E-state index is 14.0. The molecule has 1 saturated heterocycles. The first-order valence-corrected chi connectivity index (χ1v) is 9.95. The van der Waals surface area contributed by atoms with Crippen molar-refractivity contribution in [3.05, 3.63) is 58.0 Å². The van der Waals surface area contributed by atoms with Gasteiger partial charge in [0, 0.05) is 10.9 Å². The van der Waals surface area contributed by atoms with Gasteiger partial charge in [0.05, 0.1) is 23.6 Å². The van der Waals surface area contributed by atoms with Gasteiger partial charge >= 0.3 is 0 Å². The van der Waals surface area contributed by atoms with Crippen LogP contribution >= 0.6 is 11.3 Å². The van der Waals surface area contributed by atoms with Crippen molar-refractivity contribution >= 4 is 27.1 Å². The van der Waals surface area contributed by atoms with Crippen molar-refractivity contribution in [2.45, 2.75) is 19.0 Å². The van der Waals surface area contributed by atoms with Crippen molar-refractivity contribution in [2.24, 2.45) is 0 Å². The third-order valence-electron chi connectivity index (χ3n) is 3.92. The van der Waals surface area contributed by atoms with Crippen LogP contribution in [0.3, 0.4) is 0 Å². The Morgan fingerprint density at radius 3 is 2.65 bits per heavy atom. The highest BCUT2D eigenvalue weighted by atomic mass is 32.2. The molecule has 0 radical (unpaired) electrons. The van der Waals surface area contributed by atoms with Crippen LogP contribution in [-0.4, -0.2) is 36.8 Å². The zero-order valence-corrected chi connectivity index (χ0v) is 13.9. The first-order valence-electron chi connectivity index (χ1n) is 7.24. The topological polar surface area (TPSA) is 54.5 Å². The Morgan fingerprint density at radius 1 is 1.26 bits per heavy atom. The van der Waals surface area contributed by atoms with Gasteiger partial charge in [0.25, 0.3) is 5.91 Å². The van der Waals surface area contributed by atoms with Gasteiger partial charge in [-0.05, 0) is 30.0 Å². The minimum Gasteiger partial charge on any atom is -0.329 e. The molecule has 1 amide bonds. The summed E-state index contributed by atoms with van der Waals surface area (Å²) >= 11 is 1.49. The summed E-state index contributed by atoms with van der Waals surface area (Å²) < 4.78 is 37.5. The number of hydrogen-bond donors (Lipinski definition) is 0. The highest BCUT2D eigenvalue weighted by Crippen LogP contribution is 2.24. The molecular formula is C16H16FNO3S2. The second-order valence-corrected chi connectivity index (χ2v) is 8.81. The van der Waals surface area contributed by atoms with E-state index in [1.165, 1.54) is 34.4 Å². The van der Waals surface area contributed by atoms with E-state index < -0.39 is 27.6 Å². The molecule has 7 heteroatoms. The van der Waals surface area contributed by atoms with Gasteiger partial charge in [0.15, 0.2) is 9.84 Å². The van der Waals surface area contributed by atoms with Crippen LogP contribution < -0.4 is 0 Å². The zero-order valence-electron chi connectivity index (χ0n) is 12.3. The molecule has 23 heavy (non-hydrogen) atoms. The van der Waals surface area contributed by atoms with Crippen LogP contribution in [-0.2, 0) is 16.4 Å². The molecule has 4 nitrogen and oxygen atoms in total. The van der Waals surface area contributed by atoms with Crippen LogP contribution in [0.2, 0.25) is 0 Å². The van der Waals surface area contributed by atoms with Crippen LogP contribution in [0.5, 0.6) is 0 Å². The monoisotopic (exact) mass is 353 g/mol. The number of benzene rings is 1. The number of rotatable bonds is 4. The molecule has 2 heterocycles. The molecule has 1 aromatic heterocycles. The Morgan fingerprint density at radius 2 is 2.04 bits per heavy atom. The van der Waals surface area contributed by atoms with E-state index in [2.05, 4.69) is 0 Å². The number of nitrogens with zero attached hydrogens (tertiary/aromatic N) is 1. The van der Waals surface area contributed by atoms with E-state index in [4.69, 9.17) is 0 Å². The predicted molar refractivity (Wildman–Crippen MR) is 87.7 cm³/mol. The standard InChI is InChI=1S/C16H16FNO3S2/c17-15-6-2-1-5-14(15)16(19)18(10-13-4-3-8-22-13)12-7-9-23(20,21)11-12/h1-6,8,12H,7,9-11H2/t12-/m1/s1. The fraction of sp³-hybridized carbons (Fsp3) is 0.312. The number of halogens is 1. The third kappa shape index (κ3) is 3.61. The van der Waals surface area contributed by atoms with Gasteiger partial charge in [0.1, 0.15) is 5.82 Å². The van der Waals surface area contributed by atoms with Crippen molar-refractivity contribution in [3.63, 3.8) is 0 Å². The summed E-state index contributed by atoms with van der Waals surface area (Å²) in [5.74, 6) is -1.03. The molecule has 0 unspecified atom stereocenters. The van der Waals surface area contributed by atoms with E-state index in [-0.39, 0.29) is 17.1 Å². The maximum Gasteiger partial charge on any atom is 0.257 e. The lowest BCUT2D eigenvalue weighted by atomic mass is 10.1. The van der Waals surface area contributed by atoms with Crippen molar-refractivity contribution in [1.82, 2.24) is 4.90 Å². The summed E-state index contributed by atoms with van der Waals surface area (Å²) in [6, 6.07) is 9.15. The molecule has 0 spiro atoms. The zero-order chi connectivity index (χ0) is 16.4. The van der Waals surface area contributed by atoms with Crippen LogP contribution in [0, 0.1) is 5.82 Å². The van der Waals surface area contributed by atoms with Crippen LogP contribution in [0.4, 0.5) is 4.39 Å². The van der Waals surface area contributed by atoms with Gasteiger partial charge in [0.2, 0.25) is 0 Å². The average Bonchev–Trinajstić information content (AvgIpc) is 3.14. The fourth-order valence-corrected chi connectivity index (χ4v) is 5.18. The number of thiophene rings is 1. The van der Waals surface area contributed by atoms with E-state index in [1.807, 2.05) is 17.5 Å². The van der Waals surface area contributed by atoms with Gasteiger partial charge < -0.3 is 4.90 Å². The molecule has 1 fully saturated rings. The number of hydrogen-bond acceptors (Lipinski definition) is 4. The molecular weight excluding hydrogens is 337 g/mol. The Balaban J connectivity index is 1.91. The van der Waals surface area contributed by atoms with Gasteiger partial charge in [-0.15, -0.1) is 11.3 Å². The minimum absolute atomic E-state index is 0.0200. The Hall–Kier alpha value is -1.73. The number of carbonyl (C=O) groups excluding carboxylic acids is 1. The van der Waals surface area contributed by atoms with E-state index in [9.17, 15) is 17.6 Å². The van der Waals surface area contributed by atoms with Gasteiger partial charge in [-0.25, -0.2) is 12.8 Å². The normalized spacial score (nSPS) is 19.6. The average molecular weight is 353 g/mol. The van der Waals surface area contributed by atoms with Gasteiger partial charge in [-0.1, -0.05) is 18.2 Å². The molecule has 122 valence electrons. The first kappa shape index (κ1) is 16.1. The second-order valence-electron chi connectivity index (χ2n) is 5.55. The molecule has 0 saturated carbocycles. The first-order chi connectivity index (χ1) is 11.0. The summed E-state index contributed by atoms with van der Waals surface area (Å²) in [7, 11) is -3.13. The summed E-state index contributed by atoms with van der Waals surface area (Å²) in [4.78, 5) is 15.2. The van der Waals surface area contributed by atoms with E-state index in [0.717, 1.165) is 4.88 Å². The molecule has 0 bridgehead atoms. The molecule has 3 rings (SSSR count). The summed E-state index contributed by atoms with van der Waals surface area (Å²) in [5, 5.41) is 1.90. The molecule has 1 aromatic carbocycles. The summed E-state index contributed by atoms with van der Waals surface area (Å²) in [6.45, 7) is 0.297. The van der Waals surface area contributed by atoms with Crippen molar-refractivity contribution in [1.29, 1.82) is 0 Å². The fourth-order valence-electron chi connectivity index (χ4n) is 2.75. The summed E-state index contributed by atoms with van der Waals surface area (Å²) in [6.07, 6.45) is 0.397. The predicted octanol–water partition coefficient (Wildman–Crippen LogP) is 2.72. The lowest BCUT2D eigenvalue weighted by molar-refractivity contribution is 0.0678. The van der Waals surface area contributed by atoms with Crippen LogP contribution in [0.25, 0.3) is 0 Å². The van der Waals surface area contributed by atoms with E-state index >= 15 is 0 Å². The lowest BCUT2D eigenvalue weighted by Gasteiger charge is -2.28. The van der Waals surface area contributed by atoms with Crippen LogP contribution in [0.1, 0.15) is 21.7 Å².